The van der Waals surface area contributed by atoms with Gasteiger partial charge < -0.3 is 10.1 Å². The smallest absolute Gasteiger partial charge is 0.340 e. The van der Waals surface area contributed by atoms with Crippen molar-refractivity contribution in [3.63, 3.8) is 0 Å². The first kappa shape index (κ1) is 13.3. The van der Waals surface area contributed by atoms with Gasteiger partial charge in [0.15, 0.2) is 0 Å². The molecular weight excluding hydrogens is 262 g/mol. The zero-order chi connectivity index (χ0) is 13.8. The number of anilines is 1. The van der Waals surface area contributed by atoms with Crippen LogP contribution in [0.5, 0.6) is 0 Å². The lowest BCUT2D eigenvalue weighted by Gasteiger charge is -2.07. The molecule has 0 unspecified atom stereocenters. The van der Waals surface area contributed by atoms with Crippen molar-refractivity contribution >= 4 is 28.2 Å². The number of ether oxygens (including phenoxy) is 1. The Balaban J connectivity index is 2.23. The largest absolute Gasteiger partial charge is 0.465 e. The van der Waals surface area contributed by atoms with Gasteiger partial charge >= 0.3 is 5.97 Å². The summed E-state index contributed by atoms with van der Waals surface area (Å²) in [5.41, 5.74) is 1.84. The summed E-state index contributed by atoms with van der Waals surface area (Å²) in [4.78, 5) is 23.7. The van der Waals surface area contributed by atoms with E-state index in [9.17, 15) is 9.59 Å². The van der Waals surface area contributed by atoms with Gasteiger partial charge in [0, 0.05) is 5.56 Å². The number of benzene rings is 1. The van der Waals surface area contributed by atoms with E-state index in [1.54, 1.807) is 23.6 Å². The summed E-state index contributed by atoms with van der Waals surface area (Å²) in [6.45, 7) is 1.87. The molecule has 0 aliphatic rings. The first-order valence-corrected chi connectivity index (χ1v) is 6.54. The molecule has 0 atom stereocenters. The summed E-state index contributed by atoms with van der Waals surface area (Å²) in [5.74, 6) is -0.688. The topological polar surface area (TPSA) is 55.4 Å². The fourth-order valence-corrected chi connectivity index (χ4v) is 2.45. The molecule has 1 N–H and O–H groups in total. The van der Waals surface area contributed by atoms with Crippen molar-refractivity contribution in [2.75, 3.05) is 12.4 Å². The number of aryl methyl sites for hydroxylation is 1. The molecule has 0 radical (unpaired) electrons. The van der Waals surface area contributed by atoms with Crippen LogP contribution in [0.25, 0.3) is 0 Å². The number of nitrogens with one attached hydrogen (secondary N) is 1. The fraction of sp³-hybridized carbons (Fsp3) is 0.143. The van der Waals surface area contributed by atoms with Gasteiger partial charge in [0.1, 0.15) is 5.00 Å². The van der Waals surface area contributed by atoms with Crippen molar-refractivity contribution in [3.05, 3.63) is 52.4 Å². The summed E-state index contributed by atoms with van der Waals surface area (Å²) >= 11 is 1.29. The molecule has 0 saturated heterocycles. The molecule has 0 bridgehead atoms. The molecule has 0 aliphatic carbocycles. The quantitative estimate of drug-likeness (QED) is 0.876. The van der Waals surface area contributed by atoms with Gasteiger partial charge in [-0.2, -0.15) is 0 Å². The van der Waals surface area contributed by atoms with Crippen LogP contribution in [0, 0.1) is 6.92 Å². The molecular formula is C14H13NO3S. The van der Waals surface area contributed by atoms with E-state index < -0.39 is 5.97 Å². The highest BCUT2D eigenvalue weighted by molar-refractivity contribution is 7.14. The maximum atomic E-state index is 12.1. The molecule has 2 rings (SSSR count). The Morgan fingerprint density at radius 3 is 2.58 bits per heavy atom. The minimum Gasteiger partial charge on any atom is -0.465 e. The maximum absolute atomic E-state index is 12.1. The second-order valence-electron chi connectivity index (χ2n) is 3.92. The van der Waals surface area contributed by atoms with E-state index in [-0.39, 0.29) is 5.91 Å². The Kier molecular flexibility index (Phi) is 3.97. The number of amides is 1. The van der Waals surface area contributed by atoms with Crippen LogP contribution in [0.2, 0.25) is 0 Å². The molecule has 1 amide bonds. The number of carbonyl (C=O) groups is 2. The first-order chi connectivity index (χ1) is 9.13. The van der Waals surface area contributed by atoms with Crippen molar-refractivity contribution < 1.29 is 14.3 Å². The highest BCUT2D eigenvalue weighted by Crippen LogP contribution is 2.24. The van der Waals surface area contributed by atoms with Crippen LogP contribution in [0.3, 0.4) is 0 Å². The Morgan fingerprint density at radius 1 is 1.16 bits per heavy atom. The lowest BCUT2D eigenvalue weighted by molar-refractivity contribution is 0.0602. The Labute approximate surface area is 115 Å². The van der Waals surface area contributed by atoms with Gasteiger partial charge in [0.2, 0.25) is 0 Å². The van der Waals surface area contributed by atoms with Gasteiger partial charge in [0.25, 0.3) is 5.91 Å². The van der Waals surface area contributed by atoms with Crippen molar-refractivity contribution in [3.8, 4) is 0 Å². The number of thiophene rings is 1. The SMILES string of the molecule is COC(=O)c1ccsc1NC(=O)c1ccccc1C. The first-order valence-electron chi connectivity index (χ1n) is 5.66. The van der Waals surface area contributed by atoms with Crippen molar-refractivity contribution in [2.24, 2.45) is 0 Å². The van der Waals surface area contributed by atoms with Crippen LogP contribution in [0.15, 0.2) is 35.7 Å². The zero-order valence-electron chi connectivity index (χ0n) is 10.6. The van der Waals surface area contributed by atoms with Crippen molar-refractivity contribution in [1.29, 1.82) is 0 Å². The zero-order valence-corrected chi connectivity index (χ0v) is 11.4. The Morgan fingerprint density at radius 2 is 1.89 bits per heavy atom. The van der Waals surface area contributed by atoms with E-state index in [0.29, 0.717) is 16.1 Å². The second-order valence-corrected chi connectivity index (χ2v) is 4.84. The van der Waals surface area contributed by atoms with E-state index in [0.717, 1.165) is 5.56 Å². The van der Waals surface area contributed by atoms with E-state index in [1.165, 1.54) is 18.4 Å². The molecule has 1 aromatic heterocycles. The third-order valence-electron chi connectivity index (χ3n) is 2.69. The van der Waals surface area contributed by atoms with Gasteiger partial charge in [0.05, 0.1) is 12.7 Å². The van der Waals surface area contributed by atoms with Gasteiger partial charge in [-0.25, -0.2) is 4.79 Å². The van der Waals surface area contributed by atoms with Crippen molar-refractivity contribution in [1.82, 2.24) is 0 Å². The van der Waals surface area contributed by atoms with Gasteiger partial charge in [-0.3, -0.25) is 4.79 Å². The van der Waals surface area contributed by atoms with Gasteiger partial charge in [-0.1, -0.05) is 18.2 Å². The maximum Gasteiger partial charge on any atom is 0.340 e. The number of esters is 1. The predicted molar refractivity (Wildman–Crippen MR) is 74.8 cm³/mol. The molecule has 1 aromatic carbocycles. The molecule has 0 fully saturated rings. The fourth-order valence-electron chi connectivity index (χ4n) is 1.67. The van der Waals surface area contributed by atoms with E-state index in [2.05, 4.69) is 10.1 Å². The van der Waals surface area contributed by atoms with Crippen molar-refractivity contribution in [2.45, 2.75) is 6.92 Å². The standard InChI is InChI=1S/C14H13NO3S/c1-9-5-3-4-6-10(9)12(16)15-13-11(7-8-19-13)14(17)18-2/h3-8H,1-2H3,(H,15,16). The van der Waals surface area contributed by atoms with Crippen LogP contribution in [0.1, 0.15) is 26.3 Å². The van der Waals surface area contributed by atoms with E-state index in [1.807, 2.05) is 19.1 Å². The average molecular weight is 275 g/mol. The summed E-state index contributed by atoms with van der Waals surface area (Å²) in [5, 5.41) is 4.98. The molecule has 5 heteroatoms. The normalized spacial score (nSPS) is 10.0. The minimum atomic E-state index is -0.457. The van der Waals surface area contributed by atoms with Gasteiger partial charge in [-0.05, 0) is 30.0 Å². The summed E-state index contributed by atoms with van der Waals surface area (Å²) in [6, 6.07) is 8.92. The highest BCUT2D eigenvalue weighted by Gasteiger charge is 2.16. The highest BCUT2D eigenvalue weighted by atomic mass is 32.1. The molecule has 4 nitrogen and oxygen atoms in total. The van der Waals surface area contributed by atoms with E-state index in [4.69, 9.17) is 0 Å². The Bertz CT molecular complexity index is 619. The molecule has 0 spiro atoms. The van der Waals surface area contributed by atoms with Crippen LogP contribution in [-0.4, -0.2) is 19.0 Å². The number of hydrogen-bond acceptors (Lipinski definition) is 4. The van der Waals surface area contributed by atoms with Crippen LogP contribution >= 0.6 is 11.3 Å². The van der Waals surface area contributed by atoms with Crippen LogP contribution < -0.4 is 5.32 Å². The van der Waals surface area contributed by atoms with Gasteiger partial charge in [-0.15, -0.1) is 11.3 Å². The number of rotatable bonds is 3. The average Bonchev–Trinajstić information content (AvgIpc) is 2.86. The number of hydrogen-bond donors (Lipinski definition) is 1. The molecule has 98 valence electrons. The van der Waals surface area contributed by atoms with Crippen LogP contribution in [0.4, 0.5) is 5.00 Å². The second kappa shape index (κ2) is 5.67. The predicted octanol–water partition coefficient (Wildman–Crippen LogP) is 3.10. The lowest BCUT2D eigenvalue weighted by atomic mass is 10.1. The summed E-state index contributed by atoms with van der Waals surface area (Å²) in [6.07, 6.45) is 0. The minimum absolute atomic E-state index is 0.231. The molecule has 1 heterocycles. The molecule has 19 heavy (non-hydrogen) atoms. The monoisotopic (exact) mass is 275 g/mol. The summed E-state index contributed by atoms with van der Waals surface area (Å²) in [7, 11) is 1.31. The van der Waals surface area contributed by atoms with E-state index >= 15 is 0 Å². The Hall–Kier alpha value is -2.14. The number of methoxy groups -OCH3 is 1. The number of carbonyl (C=O) groups excluding carboxylic acids is 2. The lowest BCUT2D eigenvalue weighted by Crippen LogP contribution is -2.14. The molecule has 0 saturated carbocycles. The summed E-state index contributed by atoms with van der Waals surface area (Å²) < 4.78 is 4.66. The molecule has 0 aliphatic heterocycles. The van der Waals surface area contributed by atoms with Crippen LogP contribution in [-0.2, 0) is 4.74 Å². The third kappa shape index (κ3) is 2.82. The third-order valence-corrected chi connectivity index (χ3v) is 3.52. The molecule has 2 aromatic rings.